The molecule has 1 N–H and O–H groups in total. The highest BCUT2D eigenvalue weighted by atomic mass is 16.5. The first-order valence-corrected chi connectivity index (χ1v) is 9.42. The molecule has 5 nitrogen and oxygen atoms in total. The Hall–Kier alpha value is -3.34. The molecule has 0 saturated carbocycles. The number of pyridine rings is 1. The molecule has 1 aromatic heterocycles. The number of rotatable bonds is 5. The summed E-state index contributed by atoms with van der Waals surface area (Å²) in [5.74, 6) is 1.59. The van der Waals surface area contributed by atoms with Crippen LogP contribution in [0.4, 0.5) is 5.82 Å². The Balaban J connectivity index is 1.40. The normalized spacial score (nSPS) is 13.0. The monoisotopic (exact) mass is 373 g/mol. The number of ether oxygens (including phenoxy) is 1. The second-order valence-electron chi connectivity index (χ2n) is 6.84. The summed E-state index contributed by atoms with van der Waals surface area (Å²) in [5, 5.41) is 3.28. The fourth-order valence-electron chi connectivity index (χ4n) is 3.51. The maximum Gasteiger partial charge on any atom is 0.255 e. The number of carbonyl (C=O) groups is 1. The zero-order chi connectivity index (χ0) is 19.3. The third-order valence-corrected chi connectivity index (χ3v) is 5.08. The number of hydrogen-bond donors (Lipinski definition) is 1. The fourth-order valence-corrected chi connectivity index (χ4v) is 3.51. The van der Waals surface area contributed by atoms with Gasteiger partial charge in [0.2, 0.25) is 0 Å². The Morgan fingerprint density at radius 2 is 1.86 bits per heavy atom. The number of anilines is 1. The number of nitrogens with one attached hydrogen (secondary N) is 1. The standard InChI is InChI=1S/C23H23N3O2/c1-28-21-9-5-4-7-18(21)14-24-22-11-10-19(15-25-22)23(27)26-13-12-17-6-2-3-8-20(17)16-26/h2-11,15H,12-14,16H2,1H3,(H,24,25). The van der Waals surface area contributed by atoms with E-state index >= 15 is 0 Å². The van der Waals surface area contributed by atoms with E-state index in [2.05, 4.69) is 28.5 Å². The van der Waals surface area contributed by atoms with Crippen molar-refractivity contribution >= 4 is 11.7 Å². The number of nitrogens with zero attached hydrogens (tertiary/aromatic N) is 2. The number of amides is 1. The lowest BCUT2D eigenvalue weighted by Gasteiger charge is -2.28. The van der Waals surface area contributed by atoms with Crippen molar-refractivity contribution in [3.63, 3.8) is 0 Å². The van der Waals surface area contributed by atoms with Gasteiger partial charge in [-0.15, -0.1) is 0 Å². The molecule has 1 aliphatic heterocycles. The first-order valence-electron chi connectivity index (χ1n) is 9.42. The van der Waals surface area contributed by atoms with Gasteiger partial charge in [-0.05, 0) is 35.7 Å². The molecule has 1 amide bonds. The highest BCUT2D eigenvalue weighted by molar-refractivity contribution is 5.94. The van der Waals surface area contributed by atoms with Crippen LogP contribution in [0.15, 0.2) is 66.9 Å². The van der Waals surface area contributed by atoms with Gasteiger partial charge in [0.15, 0.2) is 0 Å². The number of methoxy groups -OCH3 is 1. The van der Waals surface area contributed by atoms with Gasteiger partial charge in [-0.1, -0.05) is 42.5 Å². The maximum atomic E-state index is 12.8. The van der Waals surface area contributed by atoms with Crippen molar-refractivity contribution in [1.29, 1.82) is 0 Å². The van der Waals surface area contributed by atoms with Gasteiger partial charge in [-0.25, -0.2) is 4.98 Å². The molecular formula is C23H23N3O2. The third kappa shape index (κ3) is 3.83. The van der Waals surface area contributed by atoms with Crippen molar-refractivity contribution in [2.75, 3.05) is 19.0 Å². The summed E-state index contributed by atoms with van der Waals surface area (Å²) in [5.41, 5.74) is 4.23. The molecule has 0 radical (unpaired) electrons. The summed E-state index contributed by atoms with van der Waals surface area (Å²) in [7, 11) is 1.66. The summed E-state index contributed by atoms with van der Waals surface area (Å²) < 4.78 is 5.37. The molecule has 0 bridgehead atoms. The average Bonchev–Trinajstić information content (AvgIpc) is 2.77. The van der Waals surface area contributed by atoms with E-state index in [0.29, 0.717) is 18.7 Å². The van der Waals surface area contributed by atoms with Crippen LogP contribution in [0.2, 0.25) is 0 Å². The van der Waals surface area contributed by atoms with Gasteiger partial charge < -0.3 is 15.0 Å². The molecule has 4 rings (SSSR count). The van der Waals surface area contributed by atoms with Gasteiger partial charge in [-0.2, -0.15) is 0 Å². The highest BCUT2D eigenvalue weighted by Gasteiger charge is 2.21. The number of aromatic nitrogens is 1. The molecule has 0 fully saturated rings. The van der Waals surface area contributed by atoms with Crippen LogP contribution in [-0.2, 0) is 19.5 Å². The Morgan fingerprint density at radius 3 is 2.64 bits per heavy atom. The molecule has 0 unspecified atom stereocenters. The minimum absolute atomic E-state index is 0.0262. The van der Waals surface area contributed by atoms with E-state index in [1.165, 1.54) is 11.1 Å². The molecular weight excluding hydrogens is 350 g/mol. The lowest BCUT2D eigenvalue weighted by atomic mass is 9.99. The van der Waals surface area contributed by atoms with Crippen LogP contribution in [0.5, 0.6) is 5.75 Å². The van der Waals surface area contributed by atoms with E-state index in [9.17, 15) is 4.79 Å². The molecule has 0 spiro atoms. The number of hydrogen-bond acceptors (Lipinski definition) is 4. The SMILES string of the molecule is COc1ccccc1CNc1ccc(C(=O)N2CCc3ccccc3C2)cn1. The minimum Gasteiger partial charge on any atom is -0.496 e. The molecule has 5 heteroatoms. The summed E-state index contributed by atoms with van der Waals surface area (Å²) in [6.45, 7) is 2.00. The average molecular weight is 373 g/mol. The van der Waals surface area contributed by atoms with Gasteiger partial charge >= 0.3 is 0 Å². The van der Waals surface area contributed by atoms with E-state index in [1.54, 1.807) is 13.3 Å². The molecule has 2 aromatic carbocycles. The van der Waals surface area contributed by atoms with Crippen molar-refractivity contribution in [3.8, 4) is 5.75 Å². The van der Waals surface area contributed by atoms with Crippen molar-refractivity contribution in [1.82, 2.24) is 9.88 Å². The van der Waals surface area contributed by atoms with E-state index < -0.39 is 0 Å². The quantitative estimate of drug-likeness (QED) is 0.737. The van der Waals surface area contributed by atoms with E-state index in [4.69, 9.17) is 4.74 Å². The van der Waals surface area contributed by atoms with Crippen LogP contribution in [0.1, 0.15) is 27.0 Å². The predicted octanol–water partition coefficient (Wildman–Crippen LogP) is 3.90. The maximum absolute atomic E-state index is 12.8. The van der Waals surface area contributed by atoms with Gasteiger partial charge in [0.25, 0.3) is 5.91 Å². The number of benzene rings is 2. The Morgan fingerprint density at radius 1 is 1.07 bits per heavy atom. The molecule has 0 saturated heterocycles. The molecule has 142 valence electrons. The molecule has 0 atom stereocenters. The van der Waals surface area contributed by atoms with E-state index in [1.807, 2.05) is 47.4 Å². The van der Waals surface area contributed by atoms with E-state index in [0.717, 1.165) is 30.1 Å². The van der Waals surface area contributed by atoms with Crippen LogP contribution in [0.25, 0.3) is 0 Å². The van der Waals surface area contributed by atoms with Crippen LogP contribution >= 0.6 is 0 Å². The zero-order valence-electron chi connectivity index (χ0n) is 15.9. The van der Waals surface area contributed by atoms with Crippen LogP contribution in [-0.4, -0.2) is 29.4 Å². The van der Waals surface area contributed by atoms with Crippen molar-refractivity contribution in [2.45, 2.75) is 19.5 Å². The van der Waals surface area contributed by atoms with Gasteiger partial charge in [0.1, 0.15) is 11.6 Å². The van der Waals surface area contributed by atoms with Crippen LogP contribution < -0.4 is 10.1 Å². The summed E-state index contributed by atoms with van der Waals surface area (Å²) in [6.07, 6.45) is 2.54. The van der Waals surface area contributed by atoms with Gasteiger partial charge in [0, 0.05) is 31.4 Å². The lowest BCUT2D eigenvalue weighted by Crippen LogP contribution is -2.35. The molecule has 28 heavy (non-hydrogen) atoms. The lowest BCUT2D eigenvalue weighted by molar-refractivity contribution is 0.0734. The minimum atomic E-state index is 0.0262. The fraction of sp³-hybridized carbons (Fsp3) is 0.217. The highest BCUT2D eigenvalue weighted by Crippen LogP contribution is 2.21. The summed E-state index contributed by atoms with van der Waals surface area (Å²) in [6, 6.07) is 19.9. The second kappa shape index (κ2) is 8.13. The zero-order valence-corrected chi connectivity index (χ0v) is 15.9. The van der Waals surface area contributed by atoms with Crippen molar-refractivity contribution in [3.05, 3.63) is 89.1 Å². The first-order chi connectivity index (χ1) is 13.7. The number of para-hydroxylation sites is 1. The van der Waals surface area contributed by atoms with Crippen molar-refractivity contribution < 1.29 is 9.53 Å². The predicted molar refractivity (Wildman–Crippen MR) is 109 cm³/mol. The topological polar surface area (TPSA) is 54.5 Å². The summed E-state index contributed by atoms with van der Waals surface area (Å²) >= 11 is 0. The first kappa shape index (κ1) is 18.0. The third-order valence-electron chi connectivity index (χ3n) is 5.08. The van der Waals surface area contributed by atoms with E-state index in [-0.39, 0.29) is 5.91 Å². The van der Waals surface area contributed by atoms with Gasteiger partial charge in [0.05, 0.1) is 12.7 Å². The Bertz CT molecular complexity index is 970. The second-order valence-corrected chi connectivity index (χ2v) is 6.84. The number of carbonyl (C=O) groups excluding carboxylic acids is 1. The van der Waals surface area contributed by atoms with Crippen LogP contribution in [0, 0.1) is 0 Å². The molecule has 2 heterocycles. The van der Waals surface area contributed by atoms with Gasteiger partial charge in [-0.3, -0.25) is 4.79 Å². The number of fused-ring (bicyclic) bond motifs is 1. The smallest absolute Gasteiger partial charge is 0.255 e. The van der Waals surface area contributed by atoms with Crippen LogP contribution in [0.3, 0.4) is 0 Å². The van der Waals surface area contributed by atoms with Crippen molar-refractivity contribution in [2.24, 2.45) is 0 Å². The largest absolute Gasteiger partial charge is 0.496 e. The summed E-state index contributed by atoms with van der Waals surface area (Å²) in [4.78, 5) is 19.1. The Kier molecular flexibility index (Phi) is 5.24. The molecule has 1 aliphatic rings. The molecule has 3 aromatic rings. The molecule has 0 aliphatic carbocycles. The Labute approximate surface area is 165 Å².